The number of unbranched alkanes of at least 4 members (excludes halogenated alkanes) is 3. The van der Waals surface area contributed by atoms with Gasteiger partial charge in [-0.3, -0.25) is 48.2 Å². The van der Waals surface area contributed by atoms with Gasteiger partial charge in [-0.25, -0.2) is 5.06 Å². The van der Waals surface area contributed by atoms with Gasteiger partial charge < -0.3 is 35.0 Å². The molecule has 0 radical (unpaired) electrons. The maximum atomic E-state index is 14.7. The first-order valence-corrected chi connectivity index (χ1v) is 25.9. The first-order valence-electron chi connectivity index (χ1n) is 25.9. The second-order valence-electron chi connectivity index (χ2n) is 20.5. The van der Waals surface area contributed by atoms with E-state index in [0.29, 0.717) is 58.5 Å². The zero-order valence-corrected chi connectivity index (χ0v) is 44.4. The molecule has 18 nitrogen and oxygen atoms in total. The molecule has 2 saturated heterocycles. The van der Waals surface area contributed by atoms with E-state index in [9.17, 15) is 38.7 Å². The average molecular weight is 996 g/mol. The van der Waals surface area contributed by atoms with E-state index in [0.717, 1.165) is 37.7 Å². The van der Waals surface area contributed by atoms with E-state index in [4.69, 9.17) is 14.3 Å². The van der Waals surface area contributed by atoms with Crippen molar-refractivity contribution in [2.24, 2.45) is 23.7 Å². The summed E-state index contributed by atoms with van der Waals surface area (Å²) in [6.45, 7) is 15.8. The highest BCUT2D eigenvalue weighted by Gasteiger charge is 2.44. The number of carbonyl (C=O) groups excluding carboxylic acids is 7. The number of likely N-dealkylation sites (tertiary alicyclic amines) is 1. The van der Waals surface area contributed by atoms with Crippen LogP contribution in [-0.4, -0.2) is 175 Å². The molecular formula is C53H85N7O11. The van der Waals surface area contributed by atoms with Gasteiger partial charge in [0.25, 0.3) is 17.7 Å². The van der Waals surface area contributed by atoms with E-state index in [1.165, 1.54) is 41.4 Å². The third kappa shape index (κ3) is 16.0. The summed E-state index contributed by atoms with van der Waals surface area (Å²) in [5.74, 6) is -3.13. The number of rotatable bonds is 28. The molecule has 7 amide bonds. The molecule has 0 bridgehead atoms. The largest absolute Gasteiger partial charge is 0.508 e. The second-order valence-corrected chi connectivity index (χ2v) is 20.5. The maximum Gasteiger partial charge on any atom is 0.269 e. The fraction of sp³-hybridized carbons (Fsp3) is 0.717. The normalized spacial score (nSPS) is 19.7. The molecule has 4 rings (SSSR count). The molecule has 398 valence electrons. The number of methoxy groups -OCH3 is 2. The summed E-state index contributed by atoms with van der Waals surface area (Å²) in [7, 11) is 6.69. The quantitative estimate of drug-likeness (QED) is 0.0786. The predicted octanol–water partition coefficient (Wildman–Crippen LogP) is 4.48. The monoisotopic (exact) mass is 996 g/mol. The number of phenolic OH excluding ortho intramolecular Hbond substituents is 1. The van der Waals surface area contributed by atoms with Crippen molar-refractivity contribution in [2.45, 2.75) is 162 Å². The summed E-state index contributed by atoms with van der Waals surface area (Å²) in [6, 6.07) is 3.19. The third-order valence-electron chi connectivity index (χ3n) is 14.6. The van der Waals surface area contributed by atoms with E-state index < -0.39 is 54.2 Å². The van der Waals surface area contributed by atoms with Crippen LogP contribution in [0.5, 0.6) is 5.75 Å². The van der Waals surface area contributed by atoms with Crippen molar-refractivity contribution in [3.8, 4) is 5.75 Å². The van der Waals surface area contributed by atoms with Crippen molar-refractivity contribution in [3.05, 3.63) is 42.0 Å². The summed E-state index contributed by atoms with van der Waals surface area (Å²) in [6.07, 6.45) is 8.11. The lowest BCUT2D eigenvalue weighted by molar-refractivity contribution is -0.199. The molecule has 0 saturated carbocycles. The van der Waals surface area contributed by atoms with Gasteiger partial charge >= 0.3 is 0 Å². The van der Waals surface area contributed by atoms with Gasteiger partial charge in [-0.15, -0.1) is 0 Å². The predicted molar refractivity (Wildman–Crippen MR) is 269 cm³/mol. The molecule has 0 spiro atoms. The van der Waals surface area contributed by atoms with Crippen LogP contribution in [0.4, 0.5) is 0 Å². The van der Waals surface area contributed by atoms with Crippen LogP contribution < -0.4 is 10.6 Å². The Kier molecular flexibility index (Phi) is 23.4. The number of hydrogen-bond acceptors (Lipinski definition) is 12. The van der Waals surface area contributed by atoms with E-state index >= 15 is 0 Å². The molecule has 3 aliphatic heterocycles. The fourth-order valence-corrected chi connectivity index (χ4v) is 10.4. The molecule has 3 aliphatic rings. The number of carbonyl (C=O) groups is 7. The minimum atomic E-state index is -0.951. The first-order chi connectivity index (χ1) is 33.7. The Bertz CT molecular complexity index is 1940. The Labute approximate surface area is 422 Å². The van der Waals surface area contributed by atoms with Gasteiger partial charge in [-0.1, -0.05) is 79.9 Å². The third-order valence-corrected chi connectivity index (χ3v) is 14.6. The highest BCUT2D eigenvalue weighted by atomic mass is 16.7. The van der Waals surface area contributed by atoms with Crippen LogP contribution in [0.15, 0.2) is 36.4 Å². The zero-order chi connectivity index (χ0) is 52.5. The second kappa shape index (κ2) is 28.4. The van der Waals surface area contributed by atoms with Crippen LogP contribution in [0.3, 0.4) is 0 Å². The Morgan fingerprint density at radius 3 is 2.07 bits per heavy atom. The Morgan fingerprint density at radius 1 is 0.831 bits per heavy atom. The molecule has 8 unspecified atom stereocenters. The highest BCUT2D eigenvalue weighted by molar-refractivity contribution is 6.12. The molecule has 0 aromatic heterocycles. The van der Waals surface area contributed by atoms with Crippen LogP contribution in [0.2, 0.25) is 0 Å². The lowest BCUT2D eigenvalue weighted by Crippen LogP contribution is -2.60. The van der Waals surface area contributed by atoms with Gasteiger partial charge in [-0.2, -0.15) is 0 Å². The topological polar surface area (TPSA) is 208 Å². The van der Waals surface area contributed by atoms with Crippen molar-refractivity contribution in [1.82, 2.24) is 35.3 Å². The molecule has 0 aliphatic carbocycles. The van der Waals surface area contributed by atoms with Crippen LogP contribution in [0, 0.1) is 23.7 Å². The maximum absolute atomic E-state index is 14.7. The number of benzene rings is 1. The standard InChI is InChI=1S/C53H85N7O11/c1-12-36(6)48(57(9)53(68)46(34(2)3)55-51(66)47(35(4)5)56(8)27-15-13-14-16-28-59-43(62)25-26-44(59)63)42(69-10)33-45(64)58-29-19-20-41(58)49(70-11)37(7)50(65)54-40(32-38-21-23-39(61)24-22-38)52(67)60-30-17-18-31-71-60/h21-26,34-37,40-42,46-49,61H,12-20,27-33H2,1-11H3,(H,54,65)(H,55,66)/t36?,37?,40?,41-,42?,46?,47?,48?,49?/m0/s1. The number of hydroxylamine groups is 2. The van der Waals surface area contributed by atoms with Crippen molar-refractivity contribution < 1.29 is 53.0 Å². The van der Waals surface area contributed by atoms with E-state index in [1.54, 1.807) is 43.0 Å². The number of ether oxygens (including phenoxy) is 2. The Morgan fingerprint density at radius 2 is 1.49 bits per heavy atom. The molecule has 2 fully saturated rings. The number of aromatic hydroxyl groups is 1. The number of likely N-dealkylation sites (N-methyl/N-ethyl adjacent to an activating group) is 2. The summed E-state index contributed by atoms with van der Waals surface area (Å²) in [5.41, 5.74) is 0.744. The zero-order valence-electron chi connectivity index (χ0n) is 44.4. The van der Waals surface area contributed by atoms with Gasteiger partial charge in [0.05, 0.1) is 49.3 Å². The van der Waals surface area contributed by atoms with Crippen LogP contribution >= 0.6 is 0 Å². The van der Waals surface area contributed by atoms with E-state index in [-0.39, 0.29) is 71.8 Å². The molecular weight excluding hydrogens is 911 g/mol. The summed E-state index contributed by atoms with van der Waals surface area (Å²) in [5, 5.41) is 17.2. The van der Waals surface area contributed by atoms with Crippen molar-refractivity contribution in [2.75, 3.05) is 61.1 Å². The van der Waals surface area contributed by atoms with Gasteiger partial charge in [0, 0.05) is 59.5 Å². The minimum absolute atomic E-state index is 0.0414. The minimum Gasteiger partial charge on any atom is -0.508 e. The van der Waals surface area contributed by atoms with Crippen molar-refractivity contribution >= 4 is 41.4 Å². The van der Waals surface area contributed by atoms with Crippen LogP contribution in [0.25, 0.3) is 0 Å². The van der Waals surface area contributed by atoms with Crippen LogP contribution in [0.1, 0.15) is 118 Å². The molecule has 1 aromatic rings. The molecule has 3 heterocycles. The van der Waals surface area contributed by atoms with Gasteiger partial charge in [-0.05, 0) is 87.6 Å². The number of nitrogens with one attached hydrogen (secondary N) is 2. The molecule has 71 heavy (non-hydrogen) atoms. The number of phenols is 1. The lowest BCUT2D eigenvalue weighted by atomic mass is 9.89. The lowest BCUT2D eigenvalue weighted by Gasteiger charge is -2.41. The number of hydrogen-bond donors (Lipinski definition) is 3. The van der Waals surface area contributed by atoms with Crippen molar-refractivity contribution in [3.63, 3.8) is 0 Å². The number of nitrogens with zero attached hydrogens (tertiary/aromatic N) is 5. The van der Waals surface area contributed by atoms with E-state index in [2.05, 4.69) is 10.6 Å². The van der Waals surface area contributed by atoms with Gasteiger partial charge in [0.15, 0.2) is 0 Å². The number of imide groups is 1. The van der Waals surface area contributed by atoms with Crippen LogP contribution in [-0.2, 0) is 54.3 Å². The summed E-state index contributed by atoms with van der Waals surface area (Å²) >= 11 is 0. The first kappa shape index (κ1) is 58.7. The summed E-state index contributed by atoms with van der Waals surface area (Å²) < 4.78 is 12.1. The van der Waals surface area contributed by atoms with Crippen molar-refractivity contribution in [1.29, 1.82) is 0 Å². The SMILES string of the molecule is CCC(C)C(C(CC(=O)N1CCC[C@H]1C(OC)C(C)C(=O)NC(Cc1ccc(O)cc1)C(=O)N1CCCCO1)OC)N(C)C(=O)C(NC(=O)C(C(C)C)N(C)CCCCCCN1C(=O)C=CC1=O)C(C)C. The Hall–Kier alpha value is -4.91. The number of amides is 7. The Balaban J connectivity index is 1.42. The molecule has 9 atom stereocenters. The molecule has 1 aromatic carbocycles. The summed E-state index contributed by atoms with van der Waals surface area (Å²) in [4.78, 5) is 107. The van der Waals surface area contributed by atoms with E-state index in [1.807, 2.05) is 53.5 Å². The highest BCUT2D eigenvalue weighted by Crippen LogP contribution is 2.30. The van der Waals surface area contributed by atoms with Gasteiger partial charge in [0.2, 0.25) is 23.6 Å². The molecule has 18 heteroatoms. The fourth-order valence-electron chi connectivity index (χ4n) is 10.4. The smallest absolute Gasteiger partial charge is 0.269 e. The average Bonchev–Trinajstić information content (AvgIpc) is 3.96. The van der Waals surface area contributed by atoms with Gasteiger partial charge in [0.1, 0.15) is 17.8 Å². The molecule has 3 N–H and O–H groups in total.